The minimum absolute atomic E-state index is 0.256. The van der Waals surface area contributed by atoms with E-state index in [1.54, 1.807) is 5.48 Å². The molecule has 0 aromatic carbocycles. The fourth-order valence-electron chi connectivity index (χ4n) is 4.50. The Morgan fingerprint density at radius 1 is 0.438 bits per heavy atom. The predicted molar refractivity (Wildman–Crippen MR) is 144 cm³/mol. The molecule has 0 spiro atoms. The number of nitrogens with one attached hydrogen (secondary N) is 1. The molecule has 3 nitrogen and oxygen atoms in total. The maximum absolute atomic E-state index is 10.9. The second kappa shape index (κ2) is 28.9. The van der Waals surface area contributed by atoms with E-state index in [1.807, 2.05) is 0 Å². The van der Waals surface area contributed by atoms with Crippen molar-refractivity contribution in [3.63, 3.8) is 0 Å². The number of unbranched alkanes of at least 4 members (excludes halogenated alkanes) is 24. The minimum atomic E-state index is -0.256. The zero-order valence-corrected chi connectivity index (χ0v) is 22.9. The molecule has 32 heavy (non-hydrogen) atoms. The number of hydrogen-bond acceptors (Lipinski definition) is 2. The molecular formula is C28H56BrNO2. The summed E-state index contributed by atoms with van der Waals surface area (Å²) >= 11 is 3.51. The highest BCUT2D eigenvalue weighted by molar-refractivity contribution is 9.09. The molecule has 0 aromatic heterocycles. The zero-order chi connectivity index (χ0) is 23.4. The number of rotatable bonds is 27. The van der Waals surface area contributed by atoms with E-state index in [1.165, 1.54) is 153 Å². The molecule has 4 heteroatoms. The lowest BCUT2D eigenvalue weighted by Crippen LogP contribution is -2.17. The summed E-state index contributed by atoms with van der Waals surface area (Å²) in [5.74, 6) is -0.256. The molecule has 0 radical (unpaired) electrons. The maximum Gasteiger partial charge on any atom is 0.243 e. The van der Waals surface area contributed by atoms with Crippen LogP contribution < -0.4 is 5.48 Å². The van der Waals surface area contributed by atoms with Crippen molar-refractivity contribution in [3.05, 3.63) is 0 Å². The summed E-state index contributed by atoms with van der Waals surface area (Å²) in [4.78, 5) is 10.9. The van der Waals surface area contributed by atoms with Gasteiger partial charge in [0.15, 0.2) is 0 Å². The zero-order valence-electron chi connectivity index (χ0n) is 21.3. The quantitative estimate of drug-likeness (QED) is 0.0492. The number of hydroxylamine groups is 1. The Kier molecular flexibility index (Phi) is 28.9. The molecule has 1 amide bonds. The van der Waals surface area contributed by atoms with Gasteiger partial charge < -0.3 is 0 Å². The highest BCUT2D eigenvalue weighted by Crippen LogP contribution is 2.16. The van der Waals surface area contributed by atoms with E-state index in [9.17, 15) is 4.79 Å². The van der Waals surface area contributed by atoms with Crippen molar-refractivity contribution >= 4 is 21.8 Å². The molecule has 0 aliphatic rings. The van der Waals surface area contributed by atoms with Gasteiger partial charge in [-0.2, -0.15) is 0 Å². The molecule has 0 aromatic rings. The third kappa shape index (κ3) is 27.9. The van der Waals surface area contributed by atoms with Crippen LogP contribution in [-0.2, 0) is 4.79 Å². The molecule has 0 heterocycles. The minimum Gasteiger partial charge on any atom is -0.289 e. The molecule has 0 aliphatic carbocycles. The molecule has 0 aliphatic heterocycles. The van der Waals surface area contributed by atoms with Crippen LogP contribution in [0.1, 0.15) is 167 Å². The van der Waals surface area contributed by atoms with Gasteiger partial charge in [-0.05, 0) is 12.8 Å². The lowest BCUT2D eigenvalue weighted by atomic mass is 10.0. The summed E-state index contributed by atoms with van der Waals surface area (Å²) in [6, 6.07) is 0. The van der Waals surface area contributed by atoms with E-state index in [-0.39, 0.29) is 5.91 Å². The van der Waals surface area contributed by atoms with E-state index in [0.29, 0.717) is 6.42 Å². The third-order valence-corrected chi connectivity index (χ3v) is 7.22. The Morgan fingerprint density at radius 3 is 0.875 bits per heavy atom. The number of carbonyl (C=O) groups is 1. The van der Waals surface area contributed by atoms with Crippen LogP contribution in [0, 0.1) is 0 Å². The first-order chi connectivity index (χ1) is 15.8. The van der Waals surface area contributed by atoms with E-state index in [0.717, 1.165) is 12.8 Å². The Balaban J connectivity index is 3.02. The van der Waals surface area contributed by atoms with Gasteiger partial charge in [-0.15, -0.1) is 0 Å². The summed E-state index contributed by atoms with van der Waals surface area (Å²) < 4.78 is 0. The SMILES string of the molecule is O=C(CCCCCCCCCCCCCCCCCCCCCCCCCCCBr)NO. The smallest absolute Gasteiger partial charge is 0.243 e. The molecule has 0 saturated carbocycles. The Labute approximate surface area is 209 Å². The summed E-state index contributed by atoms with van der Waals surface area (Å²) in [5, 5.41) is 9.60. The van der Waals surface area contributed by atoms with Crippen LogP contribution in [0.2, 0.25) is 0 Å². The number of amides is 1. The third-order valence-electron chi connectivity index (χ3n) is 6.66. The number of hydrogen-bond donors (Lipinski definition) is 2. The van der Waals surface area contributed by atoms with Crippen LogP contribution in [-0.4, -0.2) is 16.4 Å². The highest BCUT2D eigenvalue weighted by Gasteiger charge is 1.99. The lowest BCUT2D eigenvalue weighted by molar-refractivity contribution is -0.129. The second-order valence-corrected chi connectivity index (χ2v) is 10.6. The van der Waals surface area contributed by atoms with Gasteiger partial charge >= 0.3 is 0 Å². The molecule has 0 atom stereocenters. The van der Waals surface area contributed by atoms with Crippen molar-refractivity contribution in [2.45, 2.75) is 167 Å². The largest absolute Gasteiger partial charge is 0.289 e. The highest BCUT2D eigenvalue weighted by atomic mass is 79.9. The van der Waals surface area contributed by atoms with E-state index in [2.05, 4.69) is 15.9 Å². The molecule has 0 unspecified atom stereocenters. The fourth-order valence-corrected chi connectivity index (χ4v) is 4.90. The first-order valence-corrected chi connectivity index (χ1v) is 15.4. The van der Waals surface area contributed by atoms with Crippen molar-refractivity contribution in [3.8, 4) is 0 Å². The Bertz CT molecular complexity index is 365. The van der Waals surface area contributed by atoms with Gasteiger partial charge in [0, 0.05) is 11.8 Å². The van der Waals surface area contributed by atoms with Crippen molar-refractivity contribution in [2.24, 2.45) is 0 Å². The van der Waals surface area contributed by atoms with Gasteiger partial charge in [-0.25, -0.2) is 5.48 Å². The van der Waals surface area contributed by atoms with Gasteiger partial charge in [0.25, 0.3) is 0 Å². The van der Waals surface area contributed by atoms with Crippen LogP contribution >= 0.6 is 15.9 Å². The monoisotopic (exact) mass is 517 g/mol. The average Bonchev–Trinajstić information content (AvgIpc) is 2.81. The molecule has 0 fully saturated rings. The summed E-state index contributed by atoms with van der Waals surface area (Å²) in [5.41, 5.74) is 1.69. The lowest BCUT2D eigenvalue weighted by Gasteiger charge is -2.04. The van der Waals surface area contributed by atoms with Crippen LogP contribution in [0.4, 0.5) is 0 Å². The van der Waals surface area contributed by atoms with Gasteiger partial charge in [-0.3, -0.25) is 10.0 Å². The number of halogens is 1. The van der Waals surface area contributed by atoms with E-state index >= 15 is 0 Å². The van der Waals surface area contributed by atoms with Crippen molar-refractivity contribution < 1.29 is 10.0 Å². The Hall–Kier alpha value is -0.0900. The van der Waals surface area contributed by atoms with Gasteiger partial charge in [-0.1, -0.05) is 164 Å². The molecule has 2 N–H and O–H groups in total. The van der Waals surface area contributed by atoms with Crippen molar-refractivity contribution in [1.29, 1.82) is 0 Å². The first-order valence-electron chi connectivity index (χ1n) is 14.3. The summed E-state index contributed by atoms with van der Waals surface area (Å²) in [6.07, 6.45) is 35.0. The summed E-state index contributed by atoms with van der Waals surface area (Å²) in [7, 11) is 0. The van der Waals surface area contributed by atoms with Gasteiger partial charge in [0.2, 0.25) is 5.91 Å². The van der Waals surface area contributed by atoms with E-state index < -0.39 is 0 Å². The summed E-state index contributed by atoms with van der Waals surface area (Å²) in [6.45, 7) is 0. The van der Waals surface area contributed by atoms with E-state index in [4.69, 9.17) is 5.21 Å². The fraction of sp³-hybridized carbons (Fsp3) is 0.964. The van der Waals surface area contributed by atoms with Gasteiger partial charge in [0.05, 0.1) is 0 Å². The number of carbonyl (C=O) groups excluding carboxylic acids is 1. The van der Waals surface area contributed by atoms with Crippen LogP contribution in [0.5, 0.6) is 0 Å². The van der Waals surface area contributed by atoms with Crippen molar-refractivity contribution in [1.82, 2.24) is 5.48 Å². The second-order valence-electron chi connectivity index (χ2n) is 9.81. The van der Waals surface area contributed by atoms with Crippen LogP contribution in [0.15, 0.2) is 0 Å². The van der Waals surface area contributed by atoms with Crippen LogP contribution in [0.25, 0.3) is 0 Å². The molecule has 0 rings (SSSR count). The van der Waals surface area contributed by atoms with Crippen molar-refractivity contribution in [2.75, 3.05) is 5.33 Å². The first kappa shape index (κ1) is 31.9. The maximum atomic E-state index is 10.9. The topological polar surface area (TPSA) is 49.3 Å². The normalized spacial score (nSPS) is 11.2. The van der Waals surface area contributed by atoms with Gasteiger partial charge in [0.1, 0.15) is 0 Å². The molecule has 0 bridgehead atoms. The standard InChI is InChI=1S/C28H56BrNO2/c29-27-25-23-21-19-17-15-13-11-9-7-5-3-1-2-4-6-8-10-12-14-16-18-20-22-24-26-28(31)30-32/h32H,1-27H2,(H,30,31). The predicted octanol–water partition coefficient (Wildman–Crippen LogP) is 10.0. The number of alkyl halides is 1. The molecule has 192 valence electrons. The average molecular weight is 519 g/mol. The Morgan fingerprint density at radius 2 is 0.656 bits per heavy atom. The molecule has 0 saturated heterocycles. The van der Waals surface area contributed by atoms with Crippen LogP contribution in [0.3, 0.4) is 0 Å². The molecular weight excluding hydrogens is 462 g/mol.